The van der Waals surface area contributed by atoms with Gasteiger partial charge in [0.25, 0.3) is 5.91 Å². The number of carboxylic acid groups (broad SMARTS) is 1. The van der Waals surface area contributed by atoms with Crippen LogP contribution in [0.25, 0.3) is 0 Å². The topological polar surface area (TPSA) is 95.9 Å². The van der Waals surface area contributed by atoms with E-state index in [1.807, 2.05) is 31.2 Å². The lowest BCUT2D eigenvalue weighted by Gasteiger charge is -2.50. The number of thioether (sulfide) groups is 1. The molecule has 1 aromatic carbocycles. The van der Waals surface area contributed by atoms with Crippen molar-refractivity contribution in [1.29, 1.82) is 0 Å². The Labute approximate surface area is 179 Å². The van der Waals surface area contributed by atoms with Gasteiger partial charge in [0.1, 0.15) is 22.9 Å². The lowest BCUT2D eigenvalue weighted by Crippen LogP contribution is -2.71. The molecule has 3 aliphatic rings. The Balaban J connectivity index is 1.54. The maximum Gasteiger partial charge on any atom is 0.352 e. The van der Waals surface area contributed by atoms with Gasteiger partial charge in [0, 0.05) is 5.75 Å². The van der Waals surface area contributed by atoms with Gasteiger partial charge in [-0.15, -0.1) is 11.8 Å². The quantitative estimate of drug-likeness (QED) is 0.674. The van der Waals surface area contributed by atoms with Crippen LogP contribution in [0, 0.1) is 0 Å². The normalized spacial score (nSPS) is 24.9. The zero-order chi connectivity index (χ0) is 21.5. The molecule has 1 aliphatic carbocycles. The summed E-state index contributed by atoms with van der Waals surface area (Å²) in [6.45, 7) is 4.23. The fraction of sp³-hybridized carbons (Fsp3) is 0.500. The molecule has 2 heterocycles. The van der Waals surface area contributed by atoms with E-state index in [1.165, 1.54) is 16.7 Å². The first-order chi connectivity index (χ1) is 14.4. The molecule has 2 aliphatic heterocycles. The number of carbonyl (C=O) groups excluding carboxylic acids is 2. The van der Waals surface area contributed by atoms with Crippen molar-refractivity contribution in [3.63, 3.8) is 0 Å². The Bertz CT molecular complexity index is 905. The Kier molecular flexibility index (Phi) is 5.53. The van der Waals surface area contributed by atoms with E-state index >= 15 is 0 Å². The summed E-state index contributed by atoms with van der Waals surface area (Å²) in [6.07, 6.45) is 3.37. The highest BCUT2D eigenvalue weighted by molar-refractivity contribution is 8.00. The average Bonchev–Trinajstić information content (AvgIpc) is 3.23. The number of carboxylic acids is 1. The number of hydrogen-bond acceptors (Lipinski definition) is 5. The predicted molar refractivity (Wildman–Crippen MR) is 113 cm³/mol. The fourth-order valence-electron chi connectivity index (χ4n) is 4.72. The van der Waals surface area contributed by atoms with Crippen LogP contribution in [0.5, 0.6) is 5.75 Å². The third kappa shape index (κ3) is 3.27. The summed E-state index contributed by atoms with van der Waals surface area (Å²) in [5.41, 5.74) is 0.995. The third-order valence-corrected chi connectivity index (χ3v) is 7.68. The maximum absolute atomic E-state index is 13.4. The fourth-order valence-corrected chi connectivity index (χ4v) is 6.01. The predicted octanol–water partition coefficient (Wildman–Crippen LogP) is 2.66. The van der Waals surface area contributed by atoms with Crippen molar-refractivity contribution < 1.29 is 24.2 Å². The molecule has 1 aromatic rings. The molecule has 8 heteroatoms. The van der Waals surface area contributed by atoms with Crippen molar-refractivity contribution in [2.75, 3.05) is 12.4 Å². The van der Waals surface area contributed by atoms with Crippen LogP contribution >= 0.6 is 11.8 Å². The molecule has 2 fully saturated rings. The van der Waals surface area contributed by atoms with Crippen LogP contribution in [-0.4, -0.2) is 51.6 Å². The molecule has 1 saturated carbocycles. The summed E-state index contributed by atoms with van der Waals surface area (Å²) >= 11 is 1.49. The Hall–Kier alpha value is -2.48. The number of hydrogen-bond donors (Lipinski definition) is 2. The van der Waals surface area contributed by atoms with Gasteiger partial charge >= 0.3 is 5.97 Å². The first-order valence-corrected chi connectivity index (χ1v) is 11.4. The third-order valence-electron chi connectivity index (χ3n) is 6.26. The number of benzene rings is 1. The van der Waals surface area contributed by atoms with E-state index in [0.29, 0.717) is 17.9 Å². The van der Waals surface area contributed by atoms with Crippen LogP contribution in [0.3, 0.4) is 0 Å². The van der Waals surface area contributed by atoms with E-state index in [2.05, 4.69) is 5.32 Å². The molecule has 2 N–H and O–H groups in total. The van der Waals surface area contributed by atoms with Crippen LogP contribution in [-0.2, 0) is 19.8 Å². The molecule has 1 saturated heterocycles. The smallest absolute Gasteiger partial charge is 0.352 e. The number of rotatable bonds is 6. The molecule has 2 atom stereocenters. The molecule has 30 heavy (non-hydrogen) atoms. The van der Waals surface area contributed by atoms with Gasteiger partial charge in [0.2, 0.25) is 5.91 Å². The van der Waals surface area contributed by atoms with Crippen LogP contribution in [0.15, 0.2) is 35.5 Å². The number of fused-ring (bicyclic) bond motifs is 1. The number of carbonyl (C=O) groups is 3. The van der Waals surface area contributed by atoms with E-state index in [4.69, 9.17) is 4.74 Å². The van der Waals surface area contributed by atoms with Crippen LogP contribution < -0.4 is 10.1 Å². The summed E-state index contributed by atoms with van der Waals surface area (Å²) in [6, 6.07) is 6.95. The number of aliphatic carboxylic acids is 1. The van der Waals surface area contributed by atoms with Crippen LogP contribution in [0.1, 0.15) is 45.1 Å². The van der Waals surface area contributed by atoms with E-state index in [-0.39, 0.29) is 22.9 Å². The second kappa shape index (κ2) is 7.98. The standard InChI is InChI=1S/C22H26N2O5S/c1-3-29-15-8-6-14(7-9-15)22(10-4-5-11-22)21(28)23-16-18(25)24-17(20(26)27)13(2)12-30-19(16)24/h6-9,16,19H,3-5,10-12H2,1-2H3,(H,23,28)(H,26,27)/t16-,19-/m1/s1. The zero-order valence-corrected chi connectivity index (χ0v) is 18.0. The summed E-state index contributed by atoms with van der Waals surface area (Å²) in [5, 5.41) is 12.1. The van der Waals surface area contributed by atoms with E-state index in [1.54, 1.807) is 6.92 Å². The highest BCUT2D eigenvalue weighted by atomic mass is 32.2. The maximum atomic E-state index is 13.4. The molecule has 0 aromatic heterocycles. The number of β-lactam (4-membered cyclic amide) rings is 1. The highest BCUT2D eigenvalue weighted by Crippen LogP contribution is 2.44. The van der Waals surface area contributed by atoms with Crippen molar-refractivity contribution >= 4 is 29.5 Å². The molecule has 0 bridgehead atoms. The summed E-state index contributed by atoms with van der Waals surface area (Å²) in [4.78, 5) is 39.1. The van der Waals surface area contributed by atoms with Crippen molar-refractivity contribution in [2.24, 2.45) is 0 Å². The van der Waals surface area contributed by atoms with Crippen molar-refractivity contribution in [3.8, 4) is 5.75 Å². The molecular weight excluding hydrogens is 404 g/mol. The summed E-state index contributed by atoms with van der Waals surface area (Å²) < 4.78 is 5.51. The Morgan fingerprint density at radius 1 is 1.27 bits per heavy atom. The molecule has 4 rings (SSSR count). The molecule has 7 nitrogen and oxygen atoms in total. The van der Waals surface area contributed by atoms with Crippen molar-refractivity contribution in [1.82, 2.24) is 10.2 Å². The van der Waals surface area contributed by atoms with Crippen molar-refractivity contribution in [2.45, 2.75) is 56.4 Å². The average molecular weight is 431 g/mol. The highest BCUT2D eigenvalue weighted by Gasteiger charge is 2.55. The minimum Gasteiger partial charge on any atom is -0.494 e. The van der Waals surface area contributed by atoms with Gasteiger partial charge in [-0.05, 0) is 50.0 Å². The molecule has 0 unspecified atom stereocenters. The van der Waals surface area contributed by atoms with Crippen molar-refractivity contribution in [3.05, 3.63) is 41.1 Å². The largest absolute Gasteiger partial charge is 0.494 e. The van der Waals surface area contributed by atoms with Gasteiger partial charge in [0.15, 0.2) is 0 Å². The number of amides is 2. The molecule has 2 amide bonds. The van der Waals surface area contributed by atoms with Gasteiger partial charge in [-0.1, -0.05) is 25.0 Å². The lowest BCUT2D eigenvalue weighted by molar-refractivity contribution is -0.151. The first kappa shape index (κ1) is 20.8. The first-order valence-electron chi connectivity index (χ1n) is 10.3. The second-order valence-electron chi connectivity index (χ2n) is 8.04. The zero-order valence-electron chi connectivity index (χ0n) is 17.1. The number of ether oxygens (including phenoxy) is 1. The van der Waals surface area contributed by atoms with Crippen LogP contribution in [0.2, 0.25) is 0 Å². The van der Waals surface area contributed by atoms with Gasteiger partial charge in [-0.3, -0.25) is 14.5 Å². The van der Waals surface area contributed by atoms with E-state index in [0.717, 1.165) is 37.0 Å². The SMILES string of the molecule is CCOc1ccc(C2(C(=O)N[C@@H]3C(=O)N4C(C(=O)O)=C(C)CS[C@H]34)CCCC2)cc1. The summed E-state index contributed by atoms with van der Waals surface area (Å²) in [7, 11) is 0. The van der Waals surface area contributed by atoms with Gasteiger partial charge in [-0.2, -0.15) is 0 Å². The van der Waals surface area contributed by atoms with Crippen LogP contribution in [0.4, 0.5) is 0 Å². The van der Waals surface area contributed by atoms with E-state index < -0.39 is 17.4 Å². The molecule has 0 radical (unpaired) electrons. The Morgan fingerprint density at radius 3 is 2.53 bits per heavy atom. The van der Waals surface area contributed by atoms with Gasteiger partial charge in [0.05, 0.1) is 12.0 Å². The van der Waals surface area contributed by atoms with Gasteiger partial charge in [-0.25, -0.2) is 4.79 Å². The monoisotopic (exact) mass is 430 g/mol. The Morgan fingerprint density at radius 2 is 1.93 bits per heavy atom. The summed E-state index contributed by atoms with van der Waals surface area (Å²) in [5.74, 6) is -0.297. The minimum absolute atomic E-state index is 0.0522. The molecule has 160 valence electrons. The minimum atomic E-state index is -1.10. The number of nitrogens with one attached hydrogen (secondary N) is 1. The second-order valence-corrected chi connectivity index (χ2v) is 9.15. The van der Waals surface area contributed by atoms with Gasteiger partial charge < -0.3 is 15.2 Å². The van der Waals surface area contributed by atoms with E-state index in [9.17, 15) is 19.5 Å². The molecule has 0 spiro atoms. The lowest BCUT2D eigenvalue weighted by atomic mass is 9.77. The molecular formula is C22H26N2O5S. The number of nitrogens with zero attached hydrogens (tertiary/aromatic N) is 1.